The van der Waals surface area contributed by atoms with Gasteiger partial charge in [-0.3, -0.25) is 4.79 Å². The maximum absolute atomic E-state index is 11.7. The van der Waals surface area contributed by atoms with Crippen molar-refractivity contribution in [2.24, 2.45) is 0 Å². The summed E-state index contributed by atoms with van der Waals surface area (Å²) in [5.74, 6) is 0.122. The molecule has 0 aromatic carbocycles. The molecule has 0 radical (unpaired) electrons. The molecule has 1 amide bonds. The Morgan fingerprint density at radius 3 is 3.00 bits per heavy atom. The lowest BCUT2D eigenvalue weighted by molar-refractivity contribution is -0.122. The molecule has 2 aliphatic heterocycles. The van der Waals surface area contributed by atoms with Gasteiger partial charge in [-0.05, 0) is 25.7 Å². The van der Waals surface area contributed by atoms with Crippen LogP contribution < -0.4 is 10.6 Å². The molecule has 2 atom stereocenters. The molecule has 2 unspecified atom stereocenters. The first-order valence-corrected chi connectivity index (χ1v) is 7.04. The number of hydrogen-bond acceptors (Lipinski definition) is 4. The number of morpholine rings is 1. The van der Waals surface area contributed by atoms with Gasteiger partial charge in [0.05, 0.1) is 19.3 Å². The van der Waals surface area contributed by atoms with E-state index in [1.807, 2.05) is 0 Å². The van der Waals surface area contributed by atoms with Gasteiger partial charge in [0.25, 0.3) is 0 Å². The van der Waals surface area contributed by atoms with Gasteiger partial charge in [0.15, 0.2) is 0 Å². The minimum absolute atomic E-state index is 0.122. The molecule has 2 N–H and O–H groups in total. The Labute approximate surface area is 109 Å². The second kappa shape index (κ2) is 7.71. The number of carbonyl (C=O) groups is 1. The van der Waals surface area contributed by atoms with E-state index in [0.717, 1.165) is 39.0 Å². The van der Waals surface area contributed by atoms with Crippen molar-refractivity contribution in [1.82, 2.24) is 10.6 Å². The van der Waals surface area contributed by atoms with Gasteiger partial charge in [-0.1, -0.05) is 0 Å². The number of nitrogens with one attached hydrogen (secondary N) is 2. The highest BCUT2D eigenvalue weighted by Gasteiger charge is 2.17. The van der Waals surface area contributed by atoms with Gasteiger partial charge in [-0.25, -0.2) is 0 Å². The number of carbonyl (C=O) groups excluding carboxylic acids is 1. The lowest BCUT2D eigenvalue weighted by atomic mass is 10.0. The Morgan fingerprint density at radius 1 is 1.33 bits per heavy atom. The summed E-state index contributed by atoms with van der Waals surface area (Å²) in [6.07, 6.45) is 5.20. The van der Waals surface area contributed by atoms with E-state index in [-0.39, 0.29) is 11.9 Å². The molecule has 0 aromatic heterocycles. The van der Waals surface area contributed by atoms with Crippen molar-refractivity contribution in [3.63, 3.8) is 0 Å². The average molecular weight is 256 g/mol. The third kappa shape index (κ3) is 4.92. The minimum Gasteiger partial charge on any atom is -0.378 e. The molecule has 2 rings (SSSR count). The highest BCUT2D eigenvalue weighted by molar-refractivity contribution is 5.75. The van der Waals surface area contributed by atoms with Crippen LogP contribution >= 0.6 is 0 Å². The molecule has 2 heterocycles. The normalized spacial score (nSPS) is 28.9. The summed E-state index contributed by atoms with van der Waals surface area (Å²) >= 11 is 0. The van der Waals surface area contributed by atoms with E-state index in [1.165, 1.54) is 6.42 Å². The van der Waals surface area contributed by atoms with Gasteiger partial charge >= 0.3 is 0 Å². The van der Waals surface area contributed by atoms with Gasteiger partial charge in [0.2, 0.25) is 5.91 Å². The van der Waals surface area contributed by atoms with Crippen LogP contribution in [0.2, 0.25) is 0 Å². The highest BCUT2D eigenvalue weighted by atomic mass is 16.5. The maximum atomic E-state index is 11.7. The topological polar surface area (TPSA) is 59.6 Å². The molecule has 0 aliphatic carbocycles. The quantitative estimate of drug-likeness (QED) is 0.749. The van der Waals surface area contributed by atoms with Crippen molar-refractivity contribution in [2.75, 3.05) is 32.9 Å². The summed E-state index contributed by atoms with van der Waals surface area (Å²) in [6.45, 7) is 3.84. The summed E-state index contributed by atoms with van der Waals surface area (Å²) in [4.78, 5) is 11.7. The first-order chi connectivity index (χ1) is 8.84. The predicted octanol–water partition coefficient (Wildman–Crippen LogP) is 0.440. The fourth-order valence-corrected chi connectivity index (χ4v) is 2.40. The summed E-state index contributed by atoms with van der Waals surface area (Å²) in [7, 11) is 0. The molecule has 0 aromatic rings. The molecule has 2 aliphatic rings. The second-order valence-corrected chi connectivity index (χ2v) is 5.06. The van der Waals surface area contributed by atoms with Crippen molar-refractivity contribution in [2.45, 2.75) is 44.2 Å². The Morgan fingerprint density at radius 2 is 2.28 bits per heavy atom. The predicted molar refractivity (Wildman–Crippen MR) is 68.4 cm³/mol. The standard InChI is InChI=1S/C13H24N2O3/c16-13(5-4-12-3-1-2-7-18-12)15-9-11-10-17-8-6-14-11/h11-12,14H,1-10H2,(H,15,16). The molecule has 2 saturated heterocycles. The van der Waals surface area contributed by atoms with Crippen LogP contribution in [0.1, 0.15) is 32.1 Å². The number of amides is 1. The van der Waals surface area contributed by atoms with Crippen molar-refractivity contribution in [3.05, 3.63) is 0 Å². The number of hydrogen-bond donors (Lipinski definition) is 2. The average Bonchev–Trinajstić information content (AvgIpc) is 2.45. The summed E-state index contributed by atoms with van der Waals surface area (Å²) < 4.78 is 10.9. The minimum atomic E-state index is 0.122. The van der Waals surface area contributed by atoms with Crippen LogP contribution in [-0.2, 0) is 14.3 Å². The molecular weight excluding hydrogens is 232 g/mol. The lowest BCUT2D eigenvalue weighted by Gasteiger charge is -2.24. The summed E-state index contributed by atoms with van der Waals surface area (Å²) in [6, 6.07) is 0.258. The van der Waals surface area contributed by atoms with Crippen LogP contribution in [0.3, 0.4) is 0 Å². The molecule has 0 saturated carbocycles. The van der Waals surface area contributed by atoms with Crippen LogP contribution in [-0.4, -0.2) is 51.0 Å². The van der Waals surface area contributed by atoms with Gasteiger partial charge in [0, 0.05) is 32.2 Å². The molecule has 5 nitrogen and oxygen atoms in total. The van der Waals surface area contributed by atoms with Crippen LogP contribution in [0.25, 0.3) is 0 Å². The third-order valence-corrected chi connectivity index (χ3v) is 3.51. The SMILES string of the molecule is O=C(CCC1CCCCO1)NCC1COCCN1. The monoisotopic (exact) mass is 256 g/mol. The van der Waals surface area contributed by atoms with Crippen molar-refractivity contribution in [3.8, 4) is 0 Å². The molecule has 0 bridgehead atoms. The maximum Gasteiger partial charge on any atom is 0.220 e. The van der Waals surface area contributed by atoms with E-state index >= 15 is 0 Å². The van der Waals surface area contributed by atoms with Crippen LogP contribution in [0.15, 0.2) is 0 Å². The van der Waals surface area contributed by atoms with Crippen LogP contribution in [0.4, 0.5) is 0 Å². The zero-order chi connectivity index (χ0) is 12.6. The van der Waals surface area contributed by atoms with E-state index in [0.29, 0.717) is 25.7 Å². The van der Waals surface area contributed by atoms with Crippen LogP contribution in [0, 0.1) is 0 Å². The Hall–Kier alpha value is -0.650. The van der Waals surface area contributed by atoms with Gasteiger partial charge in [0.1, 0.15) is 0 Å². The van der Waals surface area contributed by atoms with Crippen LogP contribution in [0.5, 0.6) is 0 Å². The lowest BCUT2D eigenvalue weighted by Crippen LogP contribution is -2.48. The Kier molecular flexibility index (Phi) is 5.90. The zero-order valence-electron chi connectivity index (χ0n) is 11.0. The van der Waals surface area contributed by atoms with E-state index in [1.54, 1.807) is 0 Å². The van der Waals surface area contributed by atoms with E-state index in [9.17, 15) is 4.79 Å². The molecule has 0 spiro atoms. The molecule has 2 fully saturated rings. The molecule has 5 heteroatoms. The Balaban J connectivity index is 1.54. The third-order valence-electron chi connectivity index (χ3n) is 3.51. The van der Waals surface area contributed by atoms with Crippen molar-refractivity contribution >= 4 is 5.91 Å². The van der Waals surface area contributed by atoms with Gasteiger partial charge < -0.3 is 20.1 Å². The highest BCUT2D eigenvalue weighted by Crippen LogP contribution is 2.16. The van der Waals surface area contributed by atoms with Gasteiger partial charge in [-0.2, -0.15) is 0 Å². The van der Waals surface area contributed by atoms with Crippen molar-refractivity contribution < 1.29 is 14.3 Å². The van der Waals surface area contributed by atoms with E-state index in [4.69, 9.17) is 9.47 Å². The molecule has 104 valence electrons. The first kappa shape index (κ1) is 13.8. The summed E-state index contributed by atoms with van der Waals surface area (Å²) in [5, 5.41) is 6.27. The smallest absolute Gasteiger partial charge is 0.220 e. The Bertz CT molecular complexity index is 225. The fraction of sp³-hybridized carbons (Fsp3) is 0.923. The van der Waals surface area contributed by atoms with E-state index in [2.05, 4.69) is 10.6 Å². The molecular formula is C13H24N2O3. The van der Waals surface area contributed by atoms with Crippen molar-refractivity contribution in [1.29, 1.82) is 0 Å². The summed E-state index contributed by atoms with van der Waals surface area (Å²) in [5.41, 5.74) is 0. The molecule has 18 heavy (non-hydrogen) atoms. The first-order valence-electron chi connectivity index (χ1n) is 7.04. The van der Waals surface area contributed by atoms with E-state index < -0.39 is 0 Å². The number of ether oxygens (including phenoxy) is 2. The zero-order valence-corrected chi connectivity index (χ0v) is 11.0. The second-order valence-electron chi connectivity index (χ2n) is 5.06. The largest absolute Gasteiger partial charge is 0.378 e. The fourth-order valence-electron chi connectivity index (χ4n) is 2.40. The number of rotatable bonds is 5. The van der Waals surface area contributed by atoms with Gasteiger partial charge in [-0.15, -0.1) is 0 Å².